The Morgan fingerprint density at radius 2 is 2.44 bits per heavy atom. The van der Waals surface area contributed by atoms with Crippen LogP contribution in [0.25, 0.3) is 0 Å². The molecule has 0 N–H and O–H groups in total. The lowest BCUT2D eigenvalue weighted by atomic mass is 10.2. The molecular weight excluding hydrogens is 246 g/mol. The van der Waals surface area contributed by atoms with E-state index in [1.807, 2.05) is 16.8 Å². The molecule has 16 heavy (non-hydrogen) atoms. The molecule has 0 fully saturated rings. The van der Waals surface area contributed by atoms with Crippen molar-refractivity contribution in [2.75, 3.05) is 27.3 Å². The van der Waals surface area contributed by atoms with Crippen molar-refractivity contribution in [2.45, 2.75) is 11.8 Å². The third-order valence-electron chi connectivity index (χ3n) is 2.18. The van der Waals surface area contributed by atoms with Crippen LogP contribution in [-0.4, -0.2) is 43.5 Å². The highest BCUT2D eigenvalue weighted by molar-refractivity contribution is 7.07. The lowest BCUT2D eigenvalue weighted by molar-refractivity contribution is -0.129. The average molecular weight is 262 g/mol. The van der Waals surface area contributed by atoms with E-state index < -0.39 is 0 Å². The van der Waals surface area contributed by atoms with Crippen molar-refractivity contribution >= 4 is 28.8 Å². The van der Waals surface area contributed by atoms with Crippen LogP contribution in [-0.2, 0) is 16.0 Å². The molecular formula is C11H16ClNO2S. The lowest BCUT2D eigenvalue weighted by Gasteiger charge is -2.19. The Labute approximate surface area is 105 Å². The van der Waals surface area contributed by atoms with Gasteiger partial charge in [0.1, 0.15) is 0 Å². The minimum atomic E-state index is -0.151. The molecule has 1 aromatic rings. The van der Waals surface area contributed by atoms with Gasteiger partial charge >= 0.3 is 0 Å². The van der Waals surface area contributed by atoms with Gasteiger partial charge in [0.2, 0.25) is 5.91 Å². The molecule has 0 radical (unpaired) electrons. The molecule has 0 saturated heterocycles. The molecule has 5 heteroatoms. The number of ether oxygens (including phenoxy) is 1. The summed E-state index contributed by atoms with van der Waals surface area (Å²) < 4.78 is 4.92. The first-order chi connectivity index (χ1) is 7.63. The first-order valence-electron chi connectivity index (χ1n) is 5.01. The number of hydrogen-bond donors (Lipinski definition) is 0. The fourth-order valence-corrected chi connectivity index (χ4v) is 2.34. The fourth-order valence-electron chi connectivity index (χ4n) is 1.34. The number of nitrogens with zero attached hydrogens (tertiary/aromatic N) is 1. The molecule has 1 unspecified atom stereocenters. The smallest absolute Gasteiger partial charge is 0.226 e. The van der Waals surface area contributed by atoms with Crippen LogP contribution in [0.3, 0.4) is 0 Å². The van der Waals surface area contributed by atoms with Crippen LogP contribution in [0, 0.1) is 0 Å². The van der Waals surface area contributed by atoms with Gasteiger partial charge in [-0.25, -0.2) is 0 Å². The SMILES string of the molecule is COCC(Cl)CN(C)C(=O)Cc1ccsc1. The van der Waals surface area contributed by atoms with E-state index in [9.17, 15) is 4.79 Å². The van der Waals surface area contributed by atoms with E-state index in [-0.39, 0.29) is 11.3 Å². The summed E-state index contributed by atoms with van der Waals surface area (Å²) in [6, 6.07) is 1.96. The number of methoxy groups -OCH3 is 1. The molecule has 1 rings (SSSR count). The van der Waals surface area contributed by atoms with Gasteiger partial charge < -0.3 is 9.64 Å². The summed E-state index contributed by atoms with van der Waals surface area (Å²) in [6.07, 6.45) is 0.441. The number of carbonyl (C=O) groups excluding carboxylic acids is 1. The molecule has 1 aromatic heterocycles. The molecule has 3 nitrogen and oxygen atoms in total. The van der Waals surface area contributed by atoms with Crippen molar-refractivity contribution in [1.29, 1.82) is 0 Å². The highest BCUT2D eigenvalue weighted by atomic mass is 35.5. The highest BCUT2D eigenvalue weighted by Gasteiger charge is 2.14. The predicted octanol–water partition coefficient (Wildman–Crippen LogP) is 2.00. The normalized spacial score (nSPS) is 12.4. The van der Waals surface area contributed by atoms with E-state index in [2.05, 4.69) is 0 Å². The van der Waals surface area contributed by atoms with Crippen LogP contribution in [0.4, 0.5) is 0 Å². The van der Waals surface area contributed by atoms with Crippen LogP contribution in [0.5, 0.6) is 0 Å². The summed E-state index contributed by atoms with van der Waals surface area (Å²) in [5.74, 6) is 0.0835. The number of alkyl halides is 1. The average Bonchev–Trinajstić information content (AvgIpc) is 2.70. The van der Waals surface area contributed by atoms with Crippen molar-refractivity contribution in [2.24, 2.45) is 0 Å². The summed E-state index contributed by atoms with van der Waals surface area (Å²) >= 11 is 7.58. The molecule has 1 atom stereocenters. The zero-order valence-corrected chi connectivity index (χ0v) is 11.1. The van der Waals surface area contributed by atoms with Crippen molar-refractivity contribution in [3.05, 3.63) is 22.4 Å². The monoisotopic (exact) mass is 261 g/mol. The Hall–Kier alpha value is -0.580. The number of halogens is 1. The van der Waals surface area contributed by atoms with E-state index in [1.165, 1.54) is 0 Å². The molecule has 0 aliphatic heterocycles. The van der Waals surface area contributed by atoms with Crippen molar-refractivity contribution < 1.29 is 9.53 Å². The largest absolute Gasteiger partial charge is 0.383 e. The number of thiophene rings is 1. The summed E-state index contributed by atoms with van der Waals surface area (Å²) in [4.78, 5) is 13.4. The van der Waals surface area contributed by atoms with E-state index in [4.69, 9.17) is 16.3 Å². The number of rotatable bonds is 6. The minimum Gasteiger partial charge on any atom is -0.383 e. The molecule has 90 valence electrons. The Morgan fingerprint density at radius 1 is 1.69 bits per heavy atom. The van der Waals surface area contributed by atoms with E-state index in [1.54, 1.807) is 30.4 Å². The summed E-state index contributed by atoms with van der Waals surface area (Å²) in [5.41, 5.74) is 1.06. The summed E-state index contributed by atoms with van der Waals surface area (Å²) in [7, 11) is 3.36. The lowest BCUT2D eigenvalue weighted by Crippen LogP contribution is -2.34. The summed E-state index contributed by atoms with van der Waals surface area (Å²) in [6.45, 7) is 0.968. The zero-order chi connectivity index (χ0) is 12.0. The molecule has 1 amide bonds. The zero-order valence-electron chi connectivity index (χ0n) is 9.48. The van der Waals surface area contributed by atoms with Crippen LogP contribution in [0.1, 0.15) is 5.56 Å². The van der Waals surface area contributed by atoms with E-state index in [0.29, 0.717) is 19.6 Å². The van der Waals surface area contributed by atoms with Crippen LogP contribution in [0.2, 0.25) is 0 Å². The van der Waals surface area contributed by atoms with Crippen molar-refractivity contribution in [3.8, 4) is 0 Å². The second-order valence-electron chi connectivity index (χ2n) is 3.64. The molecule has 0 saturated carbocycles. The van der Waals surface area contributed by atoms with E-state index in [0.717, 1.165) is 5.56 Å². The van der Waals surface area contributed by atoms with Gasteiger partial charge in [-0.15, -0.1) is 11.6 Å². The number of amides is 1. The topological polar surface area (TPSA) is 29.5 Å². The Bertz CT molecular complexity index is 316. The second kappa shape index (κ2) is 6.89. The maximum atomic E-state index is 11.8. The maximum Gasteiger partial charge on any atom is 0.226 e. The Balaban J connectivity index is 2.36. The van der Waals surface area contributed by atoms with Gasteiger partial charge in [-0.1, -0.05) is 0 Å². The molecule has 0 aromatic carbocycles. The van der Waals surface area contributed by atoms with Gasteiger partial charge in [-0.05, 0) is 22.4 Å². The first-order valence-corrected chi connectivity index (χ1v) is 6.39. The minimum absolute atomic E-state index is 0.0835. The Kier molecular flexibility index (Phi) is 5.80. The Morgan fingerprint density at radius 3 is 3.00 bits per heavy atom. The van der Waals surface area contributed by atoms with Crippen molar-refractivity contribution in [3.63, 3.8) is 0 Å². The third-order valence-corrected chi connectivity index (χ3v) is 3.18. The van der Waals surface area contributed by atoms with Crippen LogP contribution < -0.4 is 0 Å². The van der Waals surface area contributed by atoms with E-state index >= 15 is 0 Å². The van der Waals surface area contributed by atoms with Gasteiger partial charge in [0, 0.05) is 20.7 Å². The quantitative estimate of drug-likeness (QED) is 0.733. The maximum absolute atomic E-state index is 11.8. The van der Waals surface area contributed by atoms with Crippen LogP contribution in [0.15, 0.2) is 16.8 Å². The van der Waals surface area contributed by atoms with Crippen LogP contribution >= 0.6 is 22.9 Å². The van der Waals surface area contributed by atoms with Gasteiger partial charge in [0.25, 0.3) is 0 Å². The van der Waals surface area contributed by atoms with Gasteiger partial charge in [-0.2, -0.15) is 11.3 Å². The molecule has 0 aliphatic carbocycles. The second-order valence-corrected chi connectivity index (χ2v) is 5.03. The molecule has 0 bridgehead atoms. The predicted molar refractivity (Wildman–Crippen MR) is 67.2 cm³/mol. The van der Waals surface area contributed by atoms with Gasteiger partial charge in [0.05, 0.1) is 18.4 Å². The third kappa shape index (κ3) is 4.51. The van der Waals surface area contributed by atoms with Gasteiger partial charge in [-0.3, -0.25) is 4.79 Å². The fraction of sp³-hybridized carbons (Fsp3) is 0.545. The van der Waals surface area contributed by atoms with Crippen molar-refractivity contribution in [1.82, 2.24) is 4.90 Å². The number of hydrogen-bond acceptors (Lipinski definition) is 3. The van der Waals surface area contributed by atoms with Gasteiger partial charge in [0.15, 0.2) is 0 Å². The number of likely N-dealkylation sites (N-methyl/N-ethyl adjacent to an activating group) is 1. The molecule has 0 spiro atoms. The molecule has 0 aliphatic rings. The molecule has 1 heterocycles. The standard InChI is InChI=1S/C11H16ClNO2S/c1-13(6-10(12)7-15-2)11(14)5-9-3-4-16-8-9/h3-4,8,10H,5-7H2,1-2H3. The highest BCUT2D eigenvalue weighted by Crippen LogP contribution is 2.08. The summed E-state index contributed by atoms with van der Waals surface area (Å²) in [5, 5.41) is 3.80. The first kappa shape index (κ1) is 13.5. The number of carbonyl (C=O) groups is 1.